The molecule has 23 heavy (non-hydrogen) atoms. The van der Waals surface area contributed by atoms with E-state index in [4.69, 9.17) is 4.74 Å². The van der Waals surface area contributed by atoms with E-state index in [2.05, 4.69) is 16.7 Å². The molecule has 0 radical (unpaired) electrons. The van der Waals surface area contributed by atoms with E-state index in [1.165, 1.54) is 13.4 Å². The number of carbonyl (C=O) groups is 3. The van der Waals surface area contributed by atoms with Crippen LogP contribution in [0.4, 0.5) is 0 Å². The summed E-state index contributed by atoms with van der Waals surface area (Å²) >= 11 is 0. The predicted octanol–water partition coefficient (Wildman–Crippen LogP) is 1.62. The molecule has 6 nitrogen and oxygen atoms in total. The Kier molecular flexibility index (Phi) is 14.7. The van der Waals surface area contributed by atoms with E-state index in [-0.39, 0.29) is 39.0 Å². The molecule has 2 N–H and O–H groups in total. The Morgan fingerprint density at radius 3 is 2.61 bits per heavy atom. The topological polar surface area (TPSA) is 84.5 Å². The fourth-order valence-electron chi connectivity index (χ4n) is 1.66. The van der Waals surface area contributed by atoms with Crippen molar-refractivity contribution in [2.45, 2.75) is 52.5 Å². The molecule has 0 aromatic carbocycles. The van der Waals surface area contributed by atoms with Crippen molar-refractivity contribution in [1.29, 1.82) is 0 Å². The van der Waals surface area contributed by atoms with Gasteiger partial charge in [-0.3, -0.25) is 14.9 Å². The molecule has 1 aliphatic heterocycles. The smallest absolute Gasteiger partial charge is 0.248 e. The van der Waals surface area contributed by atoms with Gasteiger partial charge in [0.1, 0.15) is 5.91 Å². The Bertz CT molecular complexity index is 447. The zero-order valence-electron chi connectivity index (χ0n) is 14.1. The number of allylic oxidation sites excluding steroid dienone is 1. The van der Waals surface area contributed by atoms with Crippen LogP contribution in [0.1, 0.15) is 46.5 Å². The van der Waals surface area contributed by atoms with Gasteiger partial charge in [0.05, 0.1) is 13.2 Å². The Morgan fingerprint density at radius 2 is 2.09 bits per heavy atom. The van der Waals surface area contributed by atoms with Crippen LogP contribution >= 0.6 is 0 Å². The average molecular weight is 493 g/mol. The van der Waals surface area contributed by atoms with Crippen LogP contribution in [0.3, 0.4) is 0 Å². The fourth-order valence-corrected chi connectivity index (χ4v) is 1.66. The molecule has 1 unspecified atom stereocenters. The minimum Gasteiger partial charge on any atom is -0.561 e. The molecular weight excluding hydrogens is 468 g/mol. The van der Waals surface area contributed by atoms with E-state index in [1.54, 1.807) is 6.08 Å². The van der Waals surface area contributed by atoms with E-state index in [9.17, 15) is 14.4 Å². The summed E-state index contributed by atoms with van der Waals surface area (Å²) in [4.78, 5) is 34.6. The first-order chi connectivity index (χ1) is 10.6. The third kappa shape index (κ3) is 9.34. The summed E-state index contributed by atoms with van der Waals surface area (Å²) < 4.78 is 4.83. The van der Waals surface area contributed by atoms with Crippen molar-refractivity contribution in [3.8, 4) is 0 Å². The largest absolute Gasteiger partial charge is 0.561 e. The van der Waals surface area contributed by atoms with Crippen molar-refractivity contribution in [3.05, 3.63) is 24.0 Å². The molecule has 0 aromatic heterocycles. The maximum absolute atomic E-state index is 12.0. The van der Waals surface area contributed by atoms with Crippen LogP contribution in [0, 0.1) is 6.08 Å². The average Bonchev–Trinajstić information content (AvgIpc) is 2.51. The molecule has 1 heterocycles. The summed E-state index contributed by atoms with van der Waals surface area (Å²) in [5.41, 5.74) is 0.214. The molecule has 1 saturated heterocycles. The van der Waals surface area contributed by atoms with E-state index in [1.807, 2.05) is 20.8 Å². The van der Waals surface area contributed by atoms with Gasteiger partial charge in [0.15, 0.2) is 0 Å². The number of carbonyl (C=O) groups excluding carboxylic acids is 3. The Morgan fingerprint density at radius 1 is 1.43 bits per heavy atom. The molecule has 0 aliphatic carbocycles. The normalized spacial score (nSPS) is 17.6. The third-order valence-electron chi connectivity index (χ3n) is 2.72. The second kappa shape index (κ2) is 14.2. The van der Waals surface area contributed by atoms with Gasteiger partial charge in [-0.15, -0.1) is 6.08 Å². The van der Waals surface area contributed by atoms with E-state index in [0.29, 0.717) is 6.42 Å². The molecule has 0 bridgehead atoms. The first-order valence-corrected chi connectivity index (χ1v) is 7.54. The number of piperidine rings is 1. The van der Waals surface area contributed by atoms with Crippen LogP contribution in [0.5, 0.6) is 0 Å². The summed E-state index contributed by atoms with van der Waals surface area (Å²) in [6.07, 6.45) is 8.11. The van der Waals surface area contributed by atoms with Gasteiger partial charge in [-0.1, -0.05) is 32.8 Å². The number of rotatable bonds is 6. The molecule has 0 spiro atoms. The maximum atomic E-state index is 12.0. The van der Waals surface area contributed by atoms with Crippen molar-refractivity contribution in [2.24, 2.45) is 0 Å². The van der Waals surface area contributed by atoms with Gasteiger partial charge in [-0.25, -0.2) is 0 Å². The van der Waals surface area contributed by atoms with Crippen LogP contribution in [0.2, 0.25) is 0 Å². The monoisotopic (exact) mass is 493 g/mol. The number of imide groups is 1. The second-order valence-electron chi connectivity index (χ2n) is 4.38. The van der Waals surface area contributed by atoms with E-state index >= 15 is 0 Å². The SMILES string of the molecule is CC.CCCC=[C-]/C(=C\OC)C(=O)NC1CCC(=O)NC1=O.[W]. The Hall–Kier alpha value is -1.42. The van der Waals surface area contributed by atoms with Crippen LogP contribution in [0.25, 0.3) is 0 Å². The first-order valence-electron chi connectivity index (χ1n) is 7.54. The number of methoxy groups -OCH3 is 1. The molecular formula is C16H25N2O4W-. The number of ether oxygens (including phenoxy) is 1. The van der Waals surface area contributed by atoms with Crippen molar-refractivity contribution in [1.82, 2.24) is 10.6 Å². The van der Waals surface area contributed by atoms with E-state index < -0.39 is 17.9 Å². The molecule has 1 fully saturated rings. The van der Waals surface area contributed by atoms with Crippen molar-refractivity contribution in [2.75, 3.05) is 7.11 Å². The summed E-state index contributed by atoms with van der Waals surface area (Å²) in [5.74, 6) is -1.25. The number of nitrogens with one attached hydrogen (secondary N) is 2. The van der Waals surface area contributed by atoms with Crippen molar-refractivity contribution in [3.63, 3.8) is 0 Å². The molecule has 0 aromatic rings. The molecule has 0 saturated carbocycles. The van der Waals surface area contributed by atoms with Gasteiger partial charge >= 0.3 is 0 Å². The number of hydrogen-bond donors (Lipinski definition) is 2. The second-order valence-corrected chi connectivity index (χ2v) is 4.38. The zero-order chi connectivity index (χ0) is 17.0. The zero-order valence-corrected chi connectivity index (χ0v) is 17.0. The quantitative estimate of drug-likeness (QED) is 0.194. The van der Waals surface area contributed by atoms with Crippen LogP contribution in [0.15, 0.2) is 17.9 Å². The summed E-state index contributed by atoms with van der Waals surface area (Å²) in [5, 5.41) is 4.75. The maximum Gasteiger partial charge on any atom is 0.248 e. The van der Waals surface area contributed by atoms with Crippen molar-refractivity contribution < 1.29 is 40.2 Å². The van der Waals surface area contributed by atoms with Gasteiger partial charge in [0, 0.05) is 27.5 Å². The summed E-state index contributed by atoms with van der Waals surface area (Å²) in [6, 6.07) is -0.701. The molecule has 1 atom stereocenters. The minimum absolute atomic E-state index is 0. The Labute approximate surface area is 152 Å². The minimum atomic E-state index is -0.701. The molecule has 7 heteroatoms. The van der Waals surface area contributed by atoms with Gasteiger partial charge in [-0.05, 0) is 19.1 Å². The standard InChI is InChI=1S/C14H19N2O4.C2H6.W/c1-3-4-5-6-10(9-20-2)13(18)15-11-7-8-12(17)16-14(11)19;1-2;/h5,9,11H,3-4,7-8H2,1-2H3,(H,15,18)(H,16,17,19);1-2H3;/q-1;;/b10-9+;;. The number of hydrogen-bond acceptors (Lipinski definition) is 4. The number of amides is 3. The predicted molar refractivity (Wildman–Crippen MR) is 83.5 cm³/mol. The third-order valence-corrected chi connectivity index (χ3v) is 2.72. The molecule has 130 valence electrons. The molecule has 1 aliphatic rings. The van der Waals surface area contributed by atoms with Crippen molar-refractivity contribution >= 4 is 17.7 Å². The van der Waals surface area contributed by atoms with Crippen LogP contribution in [-0.2, 0) is 40.2 Å². The number of unbranched alkanes of at least 4 members (excludes halogenated alkanes) is 1. The molecule has 1 rings (SSSR count). The Balaban J connectivity index is 0. The molecule has 3 amide bonds. The van der Waals surface area contributed by atoms with Gasteiger partial charge < -0.3 is 14.8 Å². The van der Waals surface area contributed by atoms with Gasteiger partial charge in [0.25, 0.3) is 0 Å². The van der Waals surface area contributed by atoms with Crippen LogP contribution < -0.4 is 10.6 Å². The first kappa shape index (κ1) is 23.8. The van der Waals surface area contributed by atoms with Crippen LogP contribution in [-0.4, -0.2) is 30.9 Å². The summed E-state index contributed by atoms with van der Waals surface area (Å²) in [6.45, 7) is 6.02. The van der Waals surface area contributed by atoms with E-state index in [0.717, 1.165) is 12.8 Å². The van der Waals surface area contributed by atoms with Gasteiger partial charge in [0.2, 0.25) is 11.8 Å². The fraction of sp³-hybridized carbons (Fsp3) is 0.562. The summed E-state index contributed by atoms with van der Waals surface area (Å²) in [7, 11) is 1.43. The van der Waals surface area contributed by atoms with Gasteiger partial charge in [-0.2, -0.15) is 6.08 Å².